The Hall–Kier alpha value is -2.53. The predicted octanol–water partition coefficient (Wildman–Crippen LogP) is 4.04. The molecule has 1 heterocycles. The van der Waals surface area contributed by atoms with Crippen LogP contribution in [0.25, 0.3) is 0 Å². The Morgan fingerprint density at radius 3 is 2.58 bits per heavy atom. The second kappa shape index (κ2) is 7.84. The molecule has 0 spiro atoms. The normalized spacial score (nSPS) is 18.9. The maximum atomic E-state index is 5.89. The van der Waals surface area contributed by atoms with Crippen LogP contribution in [-0.2, 0) is 17.8 Å². The van der Waals surface area contributed by atoms with Gasteiger partial charge in [-0.3, -0.25) is 0 Å². The standard InChI is InChI=1S/C19H21N3O2/c1-2-23-14-19(20-15-21-22-19)12-17-9-6-10-18(11-17)24-13-16-7-4-3-5-8-16/h3-11,15H,2,12-14H2,1H3. The van der Waals surface area contributed by atoms with Crippen LogP contribution in [0.15, 0.2) is 69.8 Å². The van der Waals surface area contributed by atoms with Gasteiger partial charge in [-0.2, -0.15) is 5.11 Å². The van der Waals surface area contributed by atoms with E-state index in [0.717, 1.165) is 16.9 Å². The van der Waals surface area contributed by atoms with E-state index < -0.39 is 5.66 Å². The summed E-state index contributed by atoms with van der Waals surface area (Å²) in [4.78, 5) is 4.40. The number of hydrogen-bond donors (Lipinski definition) is 0. The molecule has 2 aromatic rings. The van der Waals surface area contributed by atoms with E-state index in [0.29, 0.717) is 26.2 Å². The lowest BCUT2D eigenvalue weighted by Crippen LogP contribution is -2.31. The van der Waals surface area contributed by atoms with E-state index in [9.17, 15) is 0 Å². The summed E-state index contributed by atoms with van der Waals surface area (Å²) in [6.45, 7) is 3.57. The highest BCUT2D eigenvalue weighted by Gasteiger charge is 2.32. The van der Waals surface area contributed by atoms with Crippen LogP contribution >= 0.6 is 0 Å². The van der Waals surface area contributed by atoms with Crippen LogP contribution in [0, 0.1) is 0 Å². The van der Waals surface area contributed by atoms with Gasteiger partial charge in [-0.25, -0.2) is 4.99 Å². The number of ether oxygens (including phenoxy) is 2. The first kappa shape index (κ1) is 16.3. The predicted molar refractivity (Wildman–Crippen MR) is 93.5 cm³/mol. The number of hydrogen-bond acceptors (Lipinski definition) is 5. The fraction of sp³-hybridized carbons (Fsp3) is 0.316. The minimum absolute atomic E-state index is 0.429. The monoisotopic (exact) mass is 323 g/mol. The third-order valence-electron chi connectivity index (χ3n) is 3.76. The Bertz CT molecular complexity index is 702. The number of aliphatic imine (C=N–C) groups is 1. The lowest BCUT2D eigenvalue weighted by molar-refractivity contribution is 0.0982. The largest absolute Gasteiger partial charge is 0.489 e. The molecule has 0 saturated heterocycles. The molecule has 5 nitrogen and oxygen atoms in total. The van der Waals surface area contributed by atoms with Crippen molar-refractivity contribution in [2.45, 2.75) is 25.6 Å². The van der Waals surface area contributed by atoms with Crippen LogP contribution in [0.3, 0.4) is 0 Å². The van der Waals surface area contributed by atoms with Crippen LogP contribution in [-0.4, -0.2) is 25.2 Å². The number of rotatable bonds is 8. The zero-order chi connectivity index (χ0) is 16.7. The zero-order valence-corrected chi connectivity index (χ0v) is 13.8. The van der Waals surface area contributed by atoms with Gasteiger partial charge in [0.25, 0.3) is 0 Å². The van der Waals surface area contributed by atoms with Gasteiger partial charge in [0.05, 0.1) is 6.61 Å². The summed E-state index contributed by atoms with van der Waals surface area (Å²) in [7, 11) is 0. The summed E-state index contributed by atoms with van der Waals surface area (Å²) < 4.78 is 11.4. The van der Waals surface area contributed by atoms with E-state index in [-0.39, 0.29) is 0 Å². The van der Waals surface area contributed by atoms with Crippen molar-refractivity contribution >= 4 is 6.34 Å². The lowest BCUT2D eigenvalue weighted by Gasteiger charge is -2.21. The van der Waals surface area contributed by atoms with Crippen molar-refractivity contribution in [3.05, 3.63) is 65.7 Å². The molecular formula is C19H21N3O2. The van der Waals surface area contributed by atoms with Crippen LogP contribution in [0.1, 0.15) is 18.1 Å². The SMILES string of the molecule is CCOCC1(Cc2cccc(OCc3ccccc3)c2)N=CN=N1. The summed E-state index contributed by atoms with van der Waals surface area (Å²) in [6.07, 6.45) is 2.13. The average molecular weight is 323 g/mol. The maximum Gasteiger partial charge on any atom is 0.199 e. The second-order valence-electron chi connectivity index (χ2n) is 5.68. The highest BCUT2D eigenvalue weighted by molar-refractivity contribution is 5.57. The molecule has 0 amide bonds. The second-order valence-corrected chi connectivity index (χ2v) is 5.68. The van der Waals surface area contributed by atoms with Crippen molar-refractivity contribution in [3.63, 3.8) is 0 Å². The van der Waals surface area contributed by atoms with E-state index in [4.69, 9.17) is 9.47 Å². The van der Waals surface area contributed by atoms with Crippen LogP contribution in [0.2, 0.25) is 0 Å². The fourth-order valence-corrected chi connectivity index (χ4v) is 2.57. The molecule has 5 heteroatoms. The highest BCUT2D eigenvalue weighted by atomic mass is 16.5. The smallest absolute Gasteiger partial charge is 0.199 e. The van der Waals surface area contributed by atoms with E-state index in [1.54, 1.807) is 0 Å². The van der Waals surface area contributed by atoms with Crippen molar-refractivity contribution in [3.8, 4) is 5.75 Å². The first-order valence-electron chi connectivity index (χ1n) is 8.09. The minimum atomic E-state index is -0.645. The van der Waals surface area contributed by atoms with Crippen LogP contribution < -0.4 is 4.74 Å². The first-order valence-corrected chi connectivity index (χ1v) is 8.09. The van der Waals surface area contributed by atoms with Crippen molar-refractivity contribution in [1.82, 2.24) is 0 Å². The van der Waals surface area contributed by atoms with Crippen molar-refractivity contribution in [2.75, 3.05) is 13.2 Å². The number of nitrogens with zero attached hydrogens (tertiary/aromatic N) is 3. The summed E-state index contributed by atoms with van der Waals surface area (Å²) in [5, 5.41) is 8.17. The van der Waals surface area contributed by atoms with Crippen LogP contribution in [0.5, 0.6) is 5.75 Å². The molecule has 2 aromatic carbocycles. The zero-order valence-electron chi connectivity index (χ0n) is 13.8. The van der Waals surface area contributed by atoms with Gasteiger partial charge in [-0.1, -0.05) is 42.5 Å². The molecule has 0 N–H and O–H groups in total. The lowest BCUT2D eigenvalue weighted by atomic mass is 10.0. The van der Waals surface area contributed by atoms with Gasteiger partial charge in [-0.15, -0.1) is 5.11 Å². The topological polar surface area (TPSA) is 55.5 Å². The van der Waals surface area contributed by atoms with Gasteiger partial charge in [0, 0.05) is 13.0 Å². The van der Waals surface area contributed by atoms with E-state index in [1.165, 1.54) is 6.34 Å². The van der Waals surface area contributed by atoms with Crippen molar-refractivity contribution in [1.29, 1.82) is 0 Å². The molecule has 1 atom stereocenters. The van der Waals surface area contributed by atoms with Gasteiger partial charge in [-0.05, 0) is 30.2 Å². The molecule has 0 aliphatic carbocycles. The maximum absolute atomic E-state index is 5.89. The van der Waals surface area contributed by atoms with Crippen molar-refractivity contribution < 1.29 is 9.47 Å². The number of azo groups is 1. The quantitative estimate of drug-likeness (QED) is 0.736. The molecule has 0 aromatic heterocycles. The molecule has 24 heavy (non-hydrogen) atoms. The molecule has 1 aliphatic heterocycles. The van der Waals surface area contributed by atoms with E-state index in [2.05, 4.69) is 27.4 Å². The molecule has 0 saturated carbocycles. The Morgan fingerprint density at radius 2 is 1.83 bits per heavy atom. The molecule has 0 bridgehead atoms. The Labute approximate surface area is 142 Å². The summed E-state index contributed by atoms with van der Waals surface area (Å²) in [6, 6.07) is 18.1. The molecule has 0 fully saturated rings. The third kappa shape index (κ3) is 4.26. The van der Waals surface area contributed by atoms with Gasteiger partial charge >= 0.3 is 0 Å². The molecular weight excluding hydrogens is 302 g/mol. The van der Waals surface area contributed by atoms with Crippen molar-refractivity contribution in [2.24, 2.45) is 15.2 Å². The highest BCUT2D eigenvalue weighted by Crippen LogP contribution is 2.26. The molecule has 1 aliphatic rings. The van der Waals surface area contributed by atoms with Gasteiger partial charge in [0.15, 0.2) is 5.66 Å². The van der Waals surface area contributed by atoms with E-state index >= 15 is 0 Å². The summed E-state index contributed by atoms with van der Waals surface area (Å²) >= 11 is 0. The Balaban J connectivity index is 1.66. The van der Waals surface area contributed by atoms with E-state index in [1.807, 2.05) is 49.4 Å². The van der Waals surface area contributed by atoms with Crippen LogP contribution in [0.4, 0.5) is 0 Å². The van der Waals surface area contributed by atoms with Gasteiger partial charge in [0.1, 0.15) is 18.7 Å². The average Bonchev–Trinajstić information content (AvgIpc) is 3.08. The molecule has 0 radical (unpaired) electrons. The molecule has 3 rings (SSSR count). The van der Waals surface area contributed by atoms with Gasteiger partial charge in [0.2, 0.25) is 0 Å². The minimum Gasteiger partial charge on any atom is -0.489 e. The Morgan fingerprint density at radius 1 is 1.00 bits per heavy atom. The third-order valence-corrected chi connectivity index (χ3v) is 3.76. The van der Waals surface area contributed by atoms with Gasteiger partial charge < -0.3 is 9.47 Å². The summed E-state index contributed by atoms with van der Waals surface area (Å²) in [5.41, 5.74) is 1.59. The molecule has 124 valence electrons. The number of benzene rings is 2. The fourth-order valence-electron chi connectivity index (χ4n) is 2.57. The molecule has 1 unspecified atom stereocenters. The summed E-state index contributed by atoms with van der Waals surface area (Å²) in [5.74, 6) is 0.835. The first-order chi connectivity index (χ1) is 11.8. The Kier molecular flexibility index (Phi) is 5.33.